The van der Waals surface area contributed by atoms with Crippen LogP contribution in [-0.4, -0.2) is 36.1 Å². The number of carbonyl (C=O) groups is 1. The van der Waals surface area contributed by atoms with E-state index in [-0.39, 0.29) is 17.8 Å². The molecule has 2 aromatic carbocycles. The van der Waals surface area contributed by atoms with Crippen molar-refractivity contribution in [3.05, 3.63) is 84.5 Å². The number of esters is 1. The molecule has 9 heteroatoms. The molecule has 3 aromatic rings. The standard InChI is InChI=1S/C29H32N2O5S2/c1-16(2)35-22-13-8-19(14-23(22)34-6)15-24-27(32)31-26(20-9-11-21(37-7)12-10-20)25(28(33)36-17(3)4)18(5)30-29(31)38-24/h8-17,26H,1-7H3/b24-15-/t26-/m0/s1. The Morgan fingerprint density at radius 1 is 1.08 bits per heavy atom. The minimum Gasteiger partial charge on any atom is -0.493 e. The Balaban J connectivity index is 1.87. The number of allylic oxidation sites excluding steroid dienone is 1. The fraction of sp³-hybridized carbons (Fsp3) is 0.345. The van der Waals surface area contributed by atoms with Crippen molar-refractivity contribution in [1.82, 2.24) is 4.57 Å². The highest BCUT2D eigenvalue weighted by molar-refractivity contribution is 7.98. The van der Waals surface area contributed by atoms with Crippen LogP contribution >= 0.6 is 23.1 Å². The average Bonchev–Trinajstić information content (AvgIpc) is 3.17. The predicted molar refractivity (Wildman–Crippen MR) is 152 cm³/mol. The number of hydrogen-bond donors (Lipinski definition) is 0. The zero-order valence-corrected chi connectivity index (χ0v) is 24.2. The molecule has 2 heterocycles. The number of carbonyl (C=O) groups excluding carboxylic acids is 1. The third kappa shape index (κ3) is 5.73. The van der Waals surface area contributed by atoms with Gasteiger partial charge >= 0.3 is 5.97 Å². The number of methoxy groups -OCH3 is 1. The van der Waals surface area contributed by atoms with Crippen molar-refractivity contribution in [3.63, 3.8) is 0 Å². The second kappa shape index (κ2) is 11.6. The van der Waals surface area contributed by atoms with E-state index in [9.17, 15) is 9.59 Å². The molecule has 1 aliphatic rings. The first kappa shape index (κ1) is 27.7. The van der Waals surface area contributed by atoms with Crippen molar-refractivity contribution in [1.29, 1.82) is 0 Å². The summed E-state index contributed by atoms with van der Waals surface area (Å²) in [7, 11) is 1.59. The summed E-state index contributed by atoms with van der Waals surface area (Å²) >= 11 is 2.92. The number of ether oxygens (including phenoxy) is 3. The van der Waals surface area contributed by atoms with E-state index in [1.807, 2.05) is 68.6 Å². The Morgan fingerprint density at radius 2 is 1.79 bits per heavy atom. The Kier molecular flexibility index (Phi) is 8.47. The summed E-state index contributed by atoms with van der Waals surface area (Å²) in [6, 6.07) is 12.8. The Labute approximate surface area is 230 Å². The van der Waals surface area contributed by atoms with Gasteiger partial charge in [-0.15, -0.1) is 11.8 Å². The molecular formula is C29H32N2O5S2. The third-order valence-corrected chi connectivity index (χ3v) is 7.59. The first-order valence-electron chi connectivity index (χ1n) is 12.3. The van der Waals surface area contributed by atoms with Gasteiger partial charge in [0.25, 0.3) is 5.56 Å². The molecule has 1 aromatic heterocycles. The summed E-state index contributed by atoms with van der Waals surface area (Å²) in [6.45, 7) is 9.29. The molecule has 0 N–H and O–H groups in total. The molecule has 0 spiro atoms. The van der Waals surface area contributed by atoms with Gasteiger partial charge in [-0.05, 0) is 82.3 Å². The molecular weight excluding hydrogens is 520 g/mol. The van der Waals surface area contributed by atoms with Gasteiger partial charge in [0.15, 0.2) is 16.3 Å². The van der Waals surface area contributed by atoms with E-state index in [1.54, 1.807) is 44.2 Å². The Bertz CT molecular complexity index is 1550. The molecule has 38 heavy (non-hydrogen) atoms. The summed E-state index contributed by atoms with van der Waals surface area (Å²) in [4.78, 5) is 33.4. The van der Waals surface area contributed by atoms with Crippen molar-refractivity contribution in [2.45, 2.75) is 57.8 Å². The van der Waals surface area contributed by atoms with Gasteiger partial charge < -0.3 is 14.2 Å². The summed E-state index contributed by atoms with van der Waals surface area (Å²) in [5.74, 6) is 0.750. The smallest absolute Gasteiger partial charge is 0.338 e. The monoisotopic (exact) mass is 552 g/mol. The largest absolute Gasteiger partial charge is 0.493 e. The lowest BCUT2D eigenvalue weighted by atomic mass is 9.96. The van der Waals surface area contributed by atoms with Crippen LogP contribution in [0.15, 0.2) is 68.4 Å². The van der Waals surface area contributed by atoms with E-state index in [0.29, 0.717) is 32.1 Å². The number of thiazole rings is 1. The first-order valence-corrected chi connectivity index (χ1v) is 14.4. The van der Waals surface area contributed by atoms with Crippen LogP contribution in [0.25, 0.3) is 6.08 Å². The van der Waals surface area contributed by atoms with Crippen LogP contribution in [0.4, 0.5) is 0 Å². The molecule has 4 rings (SSSR count). The molecule has 0 amide bonds. The van der Waals surface area contributed by atoms with E-state index in [2.05, 4.69) is 4.99 Å². The van der Waals surface area contributed by atoms with Gasteiger partial charge in [-0.25, -0.2) is 9.79 Å². The highest BCUT2D eigenvalue weighted by atomic mass is 32.2. The van der Waals surface area contributed by atoms with Crippen molar-refractivity contribution in [3.8, 4) is 11.5 Å². The lowest BCUT2D eigenvalue weighted by Gasteiger charge is -2.25. The van der Waals surface area contributed by atoms with Gasteiger partial charge in [0.2, 0.25) is 0 Å². The van der Waals surface area contributed by atoms with Gasteiger partial charge in [-0.3, -0.25) is 9.36 Å². The zero-order chi connectivity index (χ0) is 27.6. The molecule has 1 aliphatic heterocycles. The van der Waals surface area contributed by atoms with Gasteiger partial charge in [0.05, 0.1) is 41.2 Å². The predicted octanol–water partition coefficient (Wildman–Crippen LogP) is 4.70. The van der Waals surface area contributed by atoms with E-state index >= 15 is 0 Å². The second-order valence-corrected chi connectivity index (χ2v) is 11.3. The minimum absolute atomic E-state index is 0.00301. The van der Waals surface area contributed by atoms with Crippen LogP contribution in [0.3, 0.4) is 0 Å². The highest BCUT2D eigenvalue weighted by Crippen LogP contribution is 2.32. The van der Waals surface area contributed by atoms with Gasteiger partial charge in [-0.2, -0.15) is 0 Å². The number of benzene rings is 2. The van der Waals surface area contributed by atoms with Crippen LogP contribution < -0.4 is 24.4 Å². The number of aromatic nitrogens is 1. The van der Waals surface area contributed by atoms with E-state index in [4.69, 9.17) is 14.2 Å². The molecule has 0 aliphatic carbocycles. The van der Waals surface area contributed by atoms with E-state index < -0.39 is 12.0 Å². The quantitative estimate of drug-likeness (QED) is 0.298. The third-order valence-electron chi connectivity index (χ3n) is 5.86. The fourth-order valence-electron chi connectivity index (χ4n) is 4.24. The molecule has 7 nitrogen and oxygen atoms in total. The van der Waals surface area contributed by atoms with Gasteiger partial charge in [0, 0.05) is 4.90 Å². The second-order valence-electron chi connectivity index (χ2n) is 9.39. The van der Waals surface area contributed by atoms with Gasteiger partial charge in [-0.1, -0.05) is 29.5 Å². The maximum Gasteiger partial charge on any atom is 0.338 e. The van der Waals surface area contributed by atoms with Crippen molar-refractivity contribution in [2.75, 3.05) is 13.4 Å². The highest BCUT2D eigenvalue weighted by Gasteiger charge is 2.33. The average molecular weight is 553 g/mol. The molecule has 0 fully saturated rings. The molecule has 0 saturated carbocycles. The first-order chi connectivity index (χ1) is 18.1. The van der Waals surface area contributed by atoms with Crippen LogP contribution in [0.1, 0.15) is 51.8 Å². The molecule has 1 atom stereocenters. The van der Waals surface area contributed by atoms with Crippen LogP contribution in [0, 0.1) is 0 Å². The van der Waals surface area contributed by atoms with Crippen molar-refractivity contribution in [2.24, 2.45) is 4.99 Å². The van der Waals surface area contributed by atoms with Crippen molar-refractivity contribution >= 4 is 35.1 Å². The maximum atomic E-state index is 13.8. The Morgan fingerprint density at radius 3 is 2.39 bits per heavy atom. The molecule has 200 valence electrons. The lowest BCUT2D eigenvalue weighted by molar-refractivity contribution is -0.143. The fourth-order valence-corrected chi connectivity index (χ4v) is 5.69. The zero-order valence-electron chi connectivity index (χ0n) is 22.6. The topological polar surface area (TPSA) is 79.1 Å². The number of fused-ring (bicyclic) bond motifs is 1. The summed E-state index contributed by atoms with van der Waals surface area (Å²) in [6.07, 6.45) is 3.52. The van der Waals surface area contributed by atoms with Crippen LogP contribution in [0.5, 0.6) is 11.5 Å². The SMILES string of the molecule is COc1cc(/C=c2\sc3n(c2=O)[C@@H](c2ccc(SC)cc2)C(C(=O)OC(C)C)=C(C)N=3)ccc1OC(C)C. The number of nitrogens with zero attached hydrogens (tertiary/aromatic N) is 2. The number of thioether (sulfide) groups is 1. The minimum atomic E-state index is -0.646. The summed E-state index contributed by atoms with van der Waals surface area (Å²) in [5.41, 5.74) is 2.29. The normalized spacial score (nSPS) is 15.5. The maximum absolute atomic E-state index is 13.8. The summed E-state index contributed by atoms with van der Waals surface area (Å²) < 4.78 is 19.0. The van der Waals surface area contributed by atoms with Crippen molar-refractivity contribution < 1.29 is 19.0 Å². The van der Waals surface area contributed by atoms with Gasteiger partial charge in [0.1, 0.15) is 0 Å². The van der Waals surface area contributed by atoms with E-state index in [1.165, 1.54) is 11.3 Å². The Hall–Kier alpha value is -3.30. The molecule has 0 bridgehead atoms. The van der Waals surface area contributed by atoms with Crippen LogP contribution in [-0.2, 0) is 9.53 Å². The molecule has 0 unspecified atom stereocenters. The van der Waals surface area contributed by atoms with E-state index in [0.717, 1.165) is 16.0 Å². The summed E-state index contributed by atoms with van der Waals surface area (Å²) in [5, 5.41) is 0. The molecule has 0 saturated heterocycles. The molecule has 0 radical (unpaired) electrons. The number of rotatable bonds is 8. The number of hydrogen-bond acceptors (Lipinski definition) is 8. The van der Waals surface area contributed by atoms with Crippen LogP contribution in [0.2, 0.25) is 0 Å². The lowest BCUT2D eigenvalue weighted by Crippen LogP contribution is -2.40.